The molecule has 0 radical (unpaired) electrons. The number of hydrogen-bond donors (Lipinski definition) is 0. The molecular formula is C33H35NO2. The average Bonchev–Trinajstić information content (AvgIpc) is 3.21. The van der Waals surface area contributed by atoms with Crippen molar-refractivity contribution < 1.29 is 9.59 Å². The molecular weight excluding hydrogens is 442 g/mol. The molecule has 2 aromatic rings. The first kappa shape index (κ1) is 23.3. The number of carbonyl (C=O) groups is 2. The van der Waals surface area contributed by atoms with Crippen LogP contribution < -0.4 is 0 Å². The summed E-state index contributed by atoms with van der Waals surface area (Å²) in [5.41, 5.74) is 7.88. The number of rotatable bonds is 4. The van der Waals surface area contributed by atoms with Crippen molar-refractivity contribution in [3.8, 4) is 11.1 Å². The minimum absolute atomic E-state index is 0.0357. The van der Waals surface area contributed by atoms with Crippen molar-refractivity contribution >= 4 is 11.6 Å². The Balaban J connectivity index is 1.48. The zero-order valence-electron chi connectivity index (χ0n) is 21.4. The molecule has 3 unspecified atom stereocenters. The van der Waals surface area contributed by atoms with Crippen LogP contribution in [0.1, 0.15) is 63.9 Å². The third kappa shape index (κ3) is 3.58. The van der Waals surface area contributed by atoms with Gasteiger partial charge in [0.2, 0.25) is 0 Å². The summed E-state index contributed by atoms with van der Waals surface area (Å²) in [6.45, 7) is 8.32. The van der Waals surface area contributed by atoms with Crippen molar-refractivity contribution in [1.29, 1.82) is 0 Å². The minimum Gasteiger partial charge on any atom is -0.300 e. The fraction of sp³-hybridized carbons (Fsp3) is 0.424. The lowest BCUT2D eigenvalue weighted by Crippen LogP contribution is -2.45. The fourth-order valence-electron chi connectivity index (χ4n) is 8.50. The summed E-state index contributed by atoms with van der Waals surface area (Å²) in [6, 6.07) is 13.1. The monoisotopic (exact) mass is 477 g/mol. The SMILES string of the molecule is C=C[C@@H]1CC2C3CCC4=CC(=O)CCC4=C3[C@@H](c3ccc(-c4cccnc4)cc3)C[C@]2(C)C1C(C)=O. The molecule has 0 amide bonds. The number of aromatic nitrogens is 1. The highest BCUT2D eigenvalue weighted by Crippen LogP contribution is 2.67. The van der Waals surface area contributed by atoms with Crippen LogP contribution in [0, 0.1) is 29.1 Å². The number of benzene rings is 1. The lowest BCUT2D eigenvalue weighted by molar-refractivity contribution is -0.126. The second kappa shape index (κ2) is 8.80. The Morgan fingerprint density at radius 3 is 2.61 bits per heavy atom. The van der Waals surface area contributed by atoms with E-state index in [-0.39, 0.29) is 29.0 Å². The van der Waals surface area contributed by atoms with Crippen LogP contribution in [0.15, 0.2) is 84.2 Å². The molecule has 2 saturated carbocycles. The molecule has 1 aromatic carbocycles. The van der Waals surface area contributed by atoms with Gasteiger partial charge in [-0.2, -0.15) is 0 Å². The van der Waals surface area contributed by atoms with Crippen LogP contribution in [-0.2, 0) is 9.59 Å². The maximum atomic E-state index is 13.0. The molecule has 3 nitrogen and oxygen atoms in total. The van der Waals surface area contributed by atoms with Crippen molar-refractivity contribution in [1.82, 2.24) is 4.98 Å². The van der Waals surface area contributed by atoms with E-state index in [0.29, 0.717) is 24.0 Å². The second-order valence-electron chi connectivity index (χ2n) is 11.7. The summed E-state index contributed by atoms with van der Waals surface area (Å²) >= 11 is 0. The maximum Gasteiger partial charge on any atom is 0.156 e. The van der Waals surface area contributed by atoms with Crippen molar-refractivity contribution in [3.05, 3.63) is 89.8 Å². The average molecular weight is 478 g/mol. The molecule has 0 bridgehead atoms. The summed E-state index contributed by atoms with van der Waals surface area (Å²) in [5, 5.41) is 0. The number of Topliss-reactive ketones (excluding diaryl/α,β-unsaturated/α-hetero) is 1. The number of nitrogens with zero attached hydrogens (tertiary/aromatic N) is 1. The van der Waals surface area contributed by atoms with E-state index in [0.717, 1.165) is 37.7 Å². The number of ketones is 2. The highest BCUT2D eigenvalue weighted by atomic mass is 16.1. The molecule has 4 aliphatic rings. The molecule has 0 N–H and O–H groups in total. The summed E-state index contributed by atoms with van der Waals surface area (Å²) in [4.78, 5) is 29.6. The number of carbonyl (C=O) groups excluding carboxylic acids is 2. The molecule has 184 valence electrons. The van der Waals surface area contributed by atoms with Gasteiger partial charge in [0.05, 0.1) is 0 Å². The van der Waals surface area contributed by atoms with Crippen LogP contribution in [0.4, 0.5) is 0 Å². The minimum atomic E-state index is -0.0438. The molecule has 4 aliphatic carbocycles. The Bertz CT molecular complexity index is 1280. The van der Waals surface area contributed by atoms with Gasteiger partial charge in [-0.15, -0.1) is 6.58 Å². The van der Waals surface area contributed by atoms with Gasteiger partial charge in [0.1, 0.15) is 5.78 Å². The third-order valence-corrected chi connectivity index (χ3v) is 9.88. The molecule has 6 atom stereocenters. The van der Waals surface area contributed by atoms with Crippen molar-refractivity contribution in [3.63, 3.8) is 0 Å². The van der Waals surface area contributed by atoms with Crippen LogP contribution in [0.5, 0.6) is 0 Å². The topological polar surface area (TPSA) is 47.0 Å². The largest absolute Gasteiger partial charge is 0.300 e. The Labute approximate surface area is 214 Å². The molecule has 0 spiro atoms. The standard InChI is InChI=1S/C33H35NO2/c1-4-21-17-30-28-13-11-24-16-26(36)12-14-27(24)31(28)29(18-33(30,3)32(21)20(2)35)23-9-7-22(8-10-23)25-6-5-15-34-19-25/h4-10,15-16,19,21,28-30,32H,1,11-14,17-18H2,2-3H3/t21-,28?,29-,30?,32?,33+/m1/s1. The fourth-order valence-corrected chi connectivity index (χ4v) is 8.50. The van der Waals surface area contributed by atoms with E-state index < -0.39 is 0 Å². The van der Waals surface area contributed by atoms with Crippen LogP contribution in [0.3, 0.4) is 0 Å². The van der Waals surface area contributed by atoms with Gasteiger partial charge in [-0.3, -0.25) is 14.6 Å². The maximum absolute atomic E-state index is 13.0. The summed E-state index contributed by atoms with van der Waals surface area (Å²) in [6.07, 6.45) is 13.3. The van der Waals surface area contributed by atoms with E-state index in [1.807, 2.05) is 24.4 Å². The third-order valence-electron chi connectivity index (χ3n) is 9.88. The second-order valence-corrected chi connectivity index (χ2v) is 11.7. The Morgan fingerprint density at radius 1 is 1.11 bits per heavy atom. The Kier molecular flexibility index (Phi) is 5.70. The first-order chi connectivity index (χ1) is 17.4. The smallest absolute Gasteiger partial charge is 0.156 e. The lowest BCUT2D eigenvalue weighted by atomic mass is 9.51. The summed E-state index contributed by atoms with van der Waals surface area (Å²) < 4.78 is 0. The van der Waals surface area contributed by atoms with Gasteiger partial charge in [-0.1, -0.05) is 48.9 Å². The van der Waals surface area contributed by atoms with Gasteiger partial charge < -0.3 is 0 Å². The molecule has 1 heterocycles. The molecule has 3 heteroatoms. The van der Waals surface area contributed by atoms with Crippen LogP contribution in [0.25, 0.3) is 11.1 Å². The summed E-state index contributed by atoms with van der Waals surface area (Å²) in [7, 11) is 0. The predicted molar refractivity (Wildman–Crippen MR) is 143 cm³/mol. The Hall–Kier alpha value is -3.07. The first-order valence-electron chi connectivity index (χ1n) is 13.5. The van der Waals surface area contributed by atoms with Gasteiger partial charge in [0.25, 0.3) is 0 Å². The van der Waals surface area contributed by atoms with Crippen molar-refractivity contribution in [2.24, 2.45) is 29.1 Å². The predicted octanol–water partition coefficient (Wildman–Crippen LogP) is 7.27. The zero-order chi connectivity index (χ0) is 25.0. The van der Waals surface area contributed by atoms with Gasteiger partial charge >= 0.3 is 0 Å². The molecule has 1 aromatic heterocycles. The van der Waals surface area contributed by atoms with Crippen LogP contribution in [0.2, 0.25) is 0 Å². The number of fused-ring (bicyclic) bond motifs is 4. The van der Waals surface area contributed by atoms with Gasteiger partial charge in [-0.05, 0) is 102 Å². The molecule has 0 aliphatic heterocycles. The van der Waals surface area contributed by atoms with E-state index in [9.17, 15) is 9.59 Å². The van der Waals surface area contributed by atoms with Gasteiger partial charge in [0, 0.05) is 30.7 Å². The highest BCUT2D eigenvalue weighted by Gasteiger charge is 2.60. The van der Waals surface area contributed by atoms with E-state index in [4.69, 9.17) is 0 Å². The van der Waals surface area contributed by atoms with E-state index in [1.54, 1.807) is 18.7 Å². The van der Waals surface area contributed by atoms with Crippen LogP contribution >= 0.6 is 0 Å². The van der Waals surface area contributed by atoms with Crippen molar-refractivity contribution in [2.75, 3.05) is 0 Å². The van der Waals surface area contributed by atoms with Crippen LogP contribution in [-0.4, -0.2) is 16.6 Å². The normalized spacial score (nSPS) is 33.3. The molecule has 36 heavy (non-hydrogen) atoms. The van der Waals surface area contributed by atoms with E-state index in [1.165, 1.54) is 22.3 Å². The van der Waals surface area contributed by atoms with E-state index >= 15 is 0 Å². The number of pyridine rings is 1. The quantitative estimate of drug-likeness (QED) is 0.435. The molecule has 0 saturated heterocycles. The summed E-state index contributed by atoms with van der Waals surface area (Å²) in [5.74, 6) is 2.10. The number of hydrogen-bond acceptors (Lipinski definition) is 3. The van der Waals surface area contributed by atoms with Gasteiger partial charge in [-0.25, -0.2) is 0 Å². The highest BCUT2D eigenvalue weighted by molar-refractivity contribution is 5.93. The Morgan fingerprint density at radius 2 is 1.92 bits per heavy atom. The number of allylic oxidation sites excluding steroid dienone is 5. The molecule has 2 fully saturated rings. The van der Waals surface area contributed by atoms with E-state index in [2.05, 4.69) is 48.8 Å². The zero-order valence-corrected chi connectivity index (χ0v) is 21.4. The molecule has 6 rings (SSSR count). The van der Waals surface area contributed by atoms with Gasteiger partial charge in [0.15, 0.2) is 5.78 Å². The van der Waals surface area contributed by atoms with Crippen molar-refractivity contribution in [2.45, 2.75) is 58.3 Å². The lowest BCUT2D eigenvalue weighted by Gasteiger charge is -2.52. The first-order valence-corrected chi connectivity index (χ1v) is 13.5.